The van der Waals surface area contributed by atoms with Crippen molar-refractivity contribution in [1.82, 2.24) is 9.88 Å². The van der Waals surface area contributed by atoms with Crippen molar-refractivity contribution in [3.8, 4) is 0 Å². The van der Waals surface area contributed by atoms with Crippen LogP contribution < -0.4 is 4.90 Å². The van der Waals surface area contributed by atoms with Crippen LogP contribution in [0.25, 0.3) is 10.1 Å². The van der Waals surface area contributed by atoms with E-state index in [9.17, 15) is 4.79 Å². The van der Waals surface area contributed by atoms with Gasteiger partial charge in [0.2, 0.25) is 0 Å². The number of rotatable bonds is 5. The number of thiophene rings is 1. The third-order valence-electron chi connectivity index (χ3n) is 5.10. The van der Waals surface area contributed by atoms with E-state index in [4.69, 9.17) is 0 Å². The van der Waals surface area contributed by atoms with Crippen LogP contribution in [0.2, 0.25) is 0 Å². The van der Waals surface area contributed by atoms with Gasteiger partial charge in [-0.25, -0.2) is 4.98 Å². The van der Waals surface area contributed by atoms with Gasteiger partial charge in [0, 0.05) is 47.3 Å². The molecule has 4 rings (SSSR count). The lowest BCUT2D eigenvalue weighted by Gasteiger charge is -2.38. The maximum atomic E-state index is 11.7. The molecule has 134 valence electrons. The Kier molecular flexibility index (Phi) is 5.00. The molecule has 0 radical (unpaired) electrons. The molecule has 2 aromatic heterocycles. The number of pyridine rings is 1. The van der Waals surface area contributed by atoms with E-state index in [1.54, 1.807) is 0 Å². The summed E-state index contributed by atoms with van der Waals surface area (Å²) in [5.41, 5.74) is 1.07. The third-order valence-corrected chi connectivity index (χ3v) is 6.35. The standard InChI is InChI=1S/C21H23N3OS/c1-2-17-14-18-20(26-17)8-9-22-21(18)24-12-10-23(11-13-24)19(15-25)16-6-4-3-5-7-16/h3-9,14-15,19H,2,10-13H2,1H3. The molecule has 0 saturated carbocycles. The molecule has 1 saturated heterocycles. The van der Waals surface area contributed by atoms with Crippen LogP contribution in [0.1, 0.15) is 23.4 Å². The smallest absolute Gasteiger partial charge is 0.141 e. The highest BCUT2D eigenvalue weighted by Crippen LogP contribution is 2.33. The second kappa shape index (κ2) is 7.56. The molecule has 0 N–H and O–H groups in total. The van der Waals surface area contributed by atoms with Crippen molar-refractivity contribution in [2.45, 2.75) is 19.4 Å². The van der Waals surface area contributed by atoms with Crippen molar-refractivity contribution in [2.24, 2.45) is 0 Å². The number of aromatic nitrogens is 1. The molecule has 1 aliphatic rings. The van der Waals surface area contributed by atoms with Crippen molar-refractivity contribution < 1.29 is 4.79 Å². The lowest BCUT2D eigenvalue weighted by Crippen LogP contribution is -2.48. The van der Waals surface area contributed by atoms with Crippen LogP contribution in [0.5, 0.6) is 0 Å². The Balaban J connectivity index is 1.52. The minimum atomic E-state index is -0.157. The molecule has 0 aliphatic carbocycles. The zero-order valence-electron chi connectivity index (χ0n) is 15.0. The van der Waals surface area contributed by atoms with Crippen LogP contribution in [-0.2, 0) is 11.2 Å². The molecule has 3 aromatic rings. The number of nitrogens with zero attached hydrogens (tertiary/aromatic N) is 3. The zero-order chi connectivity index (χ0) is 17.9. The number of aldehydes is 1. The largest absolute Gasteiger partial charge is 0.354 e. The lowest BCUT2D eigenvalue weighted by atomic mass is 10.1. The molecule has 26 heavy (non-hydrogen) atoms. The van der Waals surface area contributed by atoms with Crippen LogP contribution in [0.15, 0.2) is 48.7 Å². The summed E-state index contributed by atoms with van der Waals surface area (Å²) < 4.78 is 1.31. The molecule has 0 spiro atoms. The van der Waals surface area contributed by atoms with E-state index in [2.05, 4.69) is 33.8 Å². The van der Waals surface area contributed by atoms with Gasteiger partial charge in [-0.3, -0.25) is 4.90 Å². The number of carbonyl (C=O) groups excluding carboxylic acids is 1. The fraction of sp³-hybridized carbons (Fsp3) is 0.333. The van der Waals surface area contributed by atoms with Crippen molar-refractivity contribution in [3.05, 3.63) is 59.1 Å². The first kappa shape index (κ1) is 17.2. The fourth-order valence-electron chi connectivity index (χ4n) is 3.67. The number of aryl methyl sites for hydroxylation is 1. The number of hydrogen-bond acceptors (Lipinski definition) is 5. The summed E-state index contributed by atoms with van der Waals surface area (Å²) in [7, 11) is 0. The first-order valence-corrected chi connectivity index (χ1v) is 9.98. The van der Waals surface area contributed by atoms with E-state index < -0.39 is 0 Å². The molecule has 0 amide bonds. The first-order valence-electron chi connectivity index (χ1n) is 9.17. The summed E-state index contributed by atoms with van der Waals surface area (Å²) in [6, 6.07) is 14.3. The molecular weight excluding hydrogens is 342 g/mol. The van der Waals surface area contributed by atoms with E-state index >= 15 is 0 Å². The van der Waals surface area contributed by atoms with Gasteiger partial charge in [-0.05, 0) is 24.1 Å². The van der Waals surface area contributed by atoms with Gasteiger partial charge < -0.3 is 9.69 Å². The highest BCUT2D eigenvalue weighted by molar-refractivity contribution is 7.19. The number of carbonyl (C=O) groups is 1. The van der Waals surface area contributed by atoms with Crippen LogP contribution in [-0.4, -0.2) is 42.3 Å². The van der Waals surface area contributed by atoms with Crippen molar-refractivity contribution in [2.75, 3.05) is 31.1 Å². The molecule has 3 heterocycles. The predicted molar refractivity (Wildman–Crippen MR) is 108 cm³/mol. The van der Waals surface area contributed by atoms with Crippen molar-refractivity contribution >= 4 is 33.5 Å². The Morgan fingerprint density at radius 1 is 1.15 bits per heavy atom. The number of benzene rings is 1. The normalized spacial score (nSPS) is 16.7. The monoisotopic (exact) mass is 365 g/mol. The Morgan fingerprint density at radius 2 is 1.92 bits per heavy atom. The summed E-state index contributed by atoms with van der Waals surface area (Å²) >= 11 is 1.86. The summed E-state index contributed by atoms with van der Waals surface area (Å²) in [5, 5.41) is 1.26. The van der Waals surface area contributed by atoms with Crippen LogP contribution in [0.3, 0.4) is 0 Å². The number of anilines is 1. The molecule has 1 atom stereocenters. The fourth-order valence-corrected chi connectivity index (χ4v) is 4.66. The SMILES string of the molecule is CCc1cc2c(N3CCN(C(C=O)c4ccccc4)CC3)nccc2s1. The second-order valence-electron chi connectivity index (χ2n) is 6.63. The Morgan fingerprint density at radius 3 is 2.62 bits per heavy atom. The van der Waals surface area contributed by atoms with Gasteiger partial charge in [-0.2, -0.15) is 0 Å². The molecular formula is C21H23N3OS. The minimum absolute atomic E-state index is 0.157. The Labute approximate surface area is 158 Å². The topological polar surface area (TPSA) is 36.4 Å². The van der Waals surface area contributed by atoms with Crippen LogP contribution in [0, 0.1) is 0 Å². The maximum Gasteiger partial charge on any atom is 0.141 e. The second-order valence-corrected chi connectivity index (χ2v) is 7.80. The zero-order valence-corrected chi connectivity index (χ0v) is 15.8. The van der Waals surface area contributed by atoms with Gasteiger partial charge in [0.15, 0.2) is 0 Å². The number of hydrogen-bond donors (Lipinski definition) is 0. The van der Waals surface area contributed by atoms with Gasteiger partial charge >= 0.3 is 0 Å². The summed E-state index contributed by atoms with van der Waals surface area (Å²) in [6.07, 6.45) is 4.04. The van der Waals surface area contributed by atoms with Crippen LogP contribution >= 0.6 is 11.3 Å². The quantitative estimate of drug-likeness (QED) is 0.642. The van der Waals surface area contributed by atoms with Gasteiger partial charge in [0.1, 0.15) is 12.1 Å². The molecule has 5 heteroatoms. The first-order chi connectivity index (χ1) is 12.8. The van der Waals surface area contributed by atoms with Gasteiger partial charge in [-0.15, -0.1) is 11.3 Å². The summed E-state index contributed by atoms with van der Waals surface area (Å²) in [6.45, 7) is 5.70. The van der Waals surface area contributed by atoms with E-state index in [-0.39, 0.29) is 6.04 Å². The number of piperazine rings is 1. The molecule has 4 nitrogen and oxygen atoms in total. The van der Waals surface area contributed by atoms with E-state index in [1.807, 2.05) is 47.9 Å². The summed E-state index contributed by atoms with van der Waals surface area (Å²) in [4.78, 5) is 22.4. The Hall–Kier alpha value is -2.24. The molecule has 1 fully saturated rings. The highest BCUT2D eigenvalue weighted by Gasteiger charge is 2.26. The van der Waals surface area contributed by atoms with E-state index in [0.717, 1.165) is 50.3 Å². The summed E-state index contributed by atoms with van der Waals surface area (Å²) in [5.74, 6) is 1.08. The Bertz CT molecular complexity index is 885. The van der Waals surface area contributed by atoms with Gasteiger partial charge in [0.25, 0.3) is 0 Å². The van der Waals surface area contributed by atoms with E-state index in [1.165, 1.54) is 15.0 Å². The number of fused-ring (bicyclic) bond motifs is 1. The average Bonchev–Trinajstić information content (AvgIpc) is 3.13. The highest BCUT2D eigenvalue weighted by atomic mass is 32.1. The predicted octanol–water partition coefficient (Wildman–Crippen LogP) is 3.92. The van der Waals surface area contributed by atoms with E-state index in [0.29, 0.717) is 0 Å². The van der Waals surface area contributed by atoms with Crippen molar-refractivity contribution in [3.63, 3.8) is 0 Å². The van der Waals surface area contributed by atoms with Crippen LogP contribution in [0.4, 0.5) is 5.82 Å². The molecule has 1 aliphatic heterocycles. The average molecular weight is 366 g/mol. The minimum Gasteiger partial charge on any atom is -0.354 e. The molecule has 1 aromatic carbocycles. The maximum absolute atomic E-state index is 11.7. The molecule has 1 unspecified atom stereocenters. The van der Waals surface area contributed by atoms with Crippen molar-refractivity contribution in [1.29, 1.82) is 0 Å². The molecule has 0 bridgehead atoms. The third kappa shape index (κ3) is 3.24. The van der Waals surface area contributed by atoms with Gasteiger partial charge in [0.05, 0.1) is 6.04 Å². The lowest BCUT2D eigenvalue weighted by molar-refractivity contribution is -0.112. The van der Waals surface area contributed by atoms with Gasteiger partial charge in [-0.1, -0.05) is 37.3 Å².